The van der Waals surface area contributed by atoms with Gasteiger partial charge in [-0.3, -0.25) is 0 Å². The minimum Gasteiger partial charge on any atom is -0.399 e. The third-order valence-electron chi connectivity index (χ3n) is 1.68. The van der Waals surface area contributed by atoms with Gasteiger partial charge in [0.2, 0.25) is 0 Å². The van der Waals surface area contributed by atoms with Crippen LogP contribution in [0.1, 0.15) is 11.1 Å². The van der Waals surface area contributed by atoms with Gasteiger partial charge in [0.25, 0.3) is 0 Å². The van der Waals surface area contributed by atoms with Crippen molar-refractivity contribution in [3.05, 3.63) is 35.4 Å². The highest BCUT2D eigenvalue weighted by Crippen LogP contribution is 2.07. The zero-order valence-corrected chi connectivity index (χ0v) is 9.28. The lowest BCUT2D eigenvalue weighted by Gasteiger charge is -2.01. The van der Waals surface area contributed by atoms with Gasteiger partial charge in [-0.15, -0.1) is 0 Å². The van der Waals surface area contributed by atoms with Crippen molar-refractivity contribution in [3.63, 3.8) is 0 Å². The van der Waals surface area contributed by atoms with E-state index in [1.165, 1.54) is 7.11 Å². The summed E-state index contributed by atoms with van der Waals surface area (Å²) in [6.07, 6.45) is 0. The summed E-state index contributed by atoms with van der Waals surface area (Å²) in [6.45, 7) is 0. The smallest absolute Gasteiger partial charge is 0.106 e. The second-order valence-electron chi connectivity index (χ2n) is 2.54. The molecule has 0 unspecified atom stereocenters. The molecular weight excluding hydrogens is 244 g/mol. The third kappa shape index (κ3) is 2.57. The van der Waals surface area contributed by atoms with Crippen LogP contribution in [0.15, 0.2) is 29.4 Å². The molecule has 0 heterocycles. The number of oxime groups is 1. The second-order valence-corrected chi connectivity index (χ2v) is 3.10. The summed E-state index contributed by atoms with van der Waals surface area (Å²) in [5, 5.41) is 13.1. The average Bonchev–Trinajstić information content (AvgIpc) is 2.26. The maximum atomic E-state index is 8.61. The lowest BCUT2D eigenvalue weighted by atomic mass is 10.1. The SMILES string of the molecule is CO/N=C(\CBr)c1ccc(C#N)cc1. The van der Waals surface area contributed by atoms with E-state index in [1.54, 1.807) is 12.1 Å². The molecule has 0 atom stereocenters. The highest BCUT2D eigenvalue weighted by Gasteiger charge is 2.02. The van der Waals surface area contributed by atoms with Gasteiger partial charge < -0.3 is 4.84 Å². The number of hydrogen-bond donors (Lipinski definition) is 0. The lowest BCUT2D eigenvalue weighted by Crippen LogP contribution is -2.02. The standard InChI is InChI=1S/C10H9BrN2O/c1-14-13-10(6-11)9-4-2-8(7-12)3-5-9/h2-5H,6H2,1H3/b13-10+. The largest absolute Gasteiger partial charge is 0.399 e. The van der Waals surface area contributed by atoms with Gasteiger partial charge in [0.1, 0.15) is 7.11 Å². The van der Waals surface area contributed by atoms with Gasteiger partial charge in [-0.25, -0.2) is 0 Å². The summed E-state index contributed by atoms with van der Waals surface area (Å²) < 4.78 is 0. The number of rotatable bonds is 3. The van der Waals surface area contributed by atoms with Crippen LogP contribution in [0.5, 0.6) is 0 Å². The Kier molecular flexibility index (Phi) is 4.14. The Morgan fingerprint density at radius 3 is 2.57 bits per heavy atom. The summed E-state index contributed by atoms with van der Waals surface area (Å²) in [5.74, 6) is 0. The average molecular weight is 253 g/mol. The topological polar surface area (TPSA) is 45.4 Å². The zero-order valence-electron chi connectivity index (χ0n) is 7.70. The molecule has 1 rings (SSSR count). The molecule has 0 aliphatic heterocycles. The van der Waals surface area contributed by atoms with E-state index in [4.69, 9.17) is 10.1 Å². The van der Waals surface area contributed by atoms with Gasteiger partial charge in [0, 0.05) is 10.9 Å². The van der Waals surface area contributed by atoms with Crippen LogP contribution in [0, 0.1) is 11.3 Å². The molecule has 0 aromatic heterocycles. The first-order valence-electron chi connectivity index (χ1n) is 3.98. The van der Waals surface area contributed by atoms with Gasteiger partial charge >= 0.3 is 0 Å². The summed E-state index contributed by atoms with van der Waals surface area (Å²) in [7, 11) is 1.51. The van der Waals surface area contributed by atoms with E-state index in [-0.39, 0.29) is 0 Å². The number of nitrogens with zero attached hydrogens (tertiary/aromatic N) is 2. The third-order valence-corrected chi connectivity index (χ3v) is 2.21. The molecule has 1 aromatic rings. The molecule has 14 heavy (non-hydrogen) atoms. The van der Waals surface area contributed by atoms with Crippen molar-refractivity contribution >= 4 is 21.6 Å². The first kappa shape index (κ1) is 10.7. The molecule has 0 N–H and O–H groups in total. The van der Waals surface area contributed by atoms with E-state index >= 15 is 0 Å². The Hall–Kier alpha value is -1.34. The van der Waals surface area contributed by atoms with Gasteiger partial charge in [-0.05, 0) is 12.1 Å². The van der Waals surface area contributed by atoms with Crippen LogP contribution < -0.4 is 0 Å². The van der Waals surface area contributed by atoms with Gasteiger partial charge in [0.05, 0.1) is 17.3 Å². The number of alkyl halides is 1. The Balaban J connectivity index is 2.96. The van der Waals surface area contributed by atoms with E-state index in [0.29, 0.717) is 10.9 Å². The van der Waals surface area contributed by atoms with Crippen molar-refractivity contribution in [2.24, 2.45) is 5.16 Å². The molecule has 0 aliphatic rings. The molecule has 0 saturated carbocycles. The lowest BCUT2D eigenvalue weighted by molar-refractivity contribution is 0.213. The number of nitriles is 1. The first-order chi connectivity index (χ1) is 6.81. The molecule has 0 spiro atoms. The summed E-state index contributed by atoms with van der Waals surface area (Å²) in [4.78, 5) is 4.70. The fourth-order valence-electron chi connectivity index (χ4n) is 1.00. The molecule has 0 saturated heterocycles. The summed E-state index contributed by atoms with van der Waals surface area (Å²) in [6, 6.07) is 9.26. The maximum absolute atomic E-state index is 8.61. The van der Waals surface area contributed by atoms with Crippen LogP contribution in [-0.4, -0.2) is 18.2 Å². The maximum Gasteiger partial charge on any atom is 0.106 e. The second kappa shape index (κ2) is 5.40. The molecule has 0 amide bonds. The fraction of sp³-hybridized carbons (Fsp3) is 0.200. The molecule has 0 bridgehead atoms. The van der Waals surface area contributed by atoms with Crippen molar-refractivity contribution in [2.45, 2.75) is 0 Å². The normalized spacial score (nSPS) is 10.8. The van der Waals surface area contributed by atoms with Crippen molar-refractivity contribution in [3.8, 4) is 6.07 Å². The van der Waals surface area contributed by atoms with Crippen molar-refractivity contribution in [2.75, 3.05) is 12.4 Å². The van der Waals surface area contributed by atoms with E-state index in [2.05, 4.69) is 27.2 Å². The van der Waals surface area contributed by atoms with Crippen LogP contribution in [0.4, 0.5) is 0 Å². The molecule has 72 valence electrons. The highest BCUT2D eigenvalue weighted by molar-refractivity contribution is 9.09. The first-order valence-corrected chi connectivity index (χ1v) is 5.10. The van der Waals surface area contributed by atoms with Crippen LogP contribution in [0.2, 0.25) is 0 Å². The van der Waals surface area contributed by atoms with Crippen molar-refractivity contribution in [1.82, 2.24) is 0 Å². The zero-order chi connectivity index (χ0) is 10.4. The number of halogens is 1. The molecule has 3 nitrogen and oxygen atoms in total. The summed E-state index contributed by atoms with van der Waals surface area (Å²) >= 11 is 3.31. The Morgan fingerprint density at radius 2 is 2.14 bits per heavy atom. The van der Waals surface area contributed by atoms with Gasteiger partial charge in [-0.2, -0.15) is 5.26 Å². The van der Waals surface area contributed by atoms with Gasteiger partial charge in [0.15, 0.2) is 0 Å². The van der Waals surface area contributed by atoms with E-state index in [1.807, 2.05) is 12.1 Å². The quantitative estimate of drug-likeness (QED) is 0.471. The molecule has 4 heteroatoms. The van der Waals surface area contributed by atoms with E-state index < -0.39 is 0 Å². The predicted molar refractivity (Wildman–Crippen MR) is 58.5 cm³/mol. The van der Waals surface area contributed by atoms with Crippen LogP contribution in [0.3, 0.4) is 0 Å². The molecule has 0 fully saturated rings. The minimum atomic E-state index is 0.618. The molecule has 0 radical (unpaired) electrons. The number of benzene rings is 1. The van der Waals surface area contributed by atoms with E-state index in [0.717, 1.165) is 11.3 Å². The van der Waals surface area contributed by atoms with Crippen LogP contribution >= 0.6 is 15.9 Å². The van der Waals surface area contributed by atoms with Crippen LogP contribution in [0.25, 0.3) is 0 Å². The Bertz CT molecular complexity index is 365. The number of hydrogen-bond acceptors (Lipinski definition) is 3. The minimum absolute atomic E-state index is 0.618. The van der Waals surface area contributed by atoms with Crippen molar-refractivity contribution in [1.29, 1.82) is 5.26 Å². The monoisotopic (exact) mass is 252 g/mol. The fourth-order valence-corrected chi connectivity index (χ4v) is 1.43. The van der Waals surface area contributed by atoms with Crippen LogP contribution in [-0.2, 0) is 4.84 Å². The molecule has 0 aliphatic carbocycles. The molecular formula is C10H9BrN2O. The predicted octanol–water partition coefficient (Wildman–Crippen LogP) is 2.30. The Labute approximate surface area is 91.1 Å². The summed E-state index contributed by atoms with van der Waals surface area (Å²) in [5.41, 5.74) is 2.39. The molecule has 1 aromatic carbocycles. The van der Waals surface area contributed by atoms with E-state index in [9.17, 15) is 0 Å². The highest BCUT2D eigenvalue weighted by atomic mass is 79.9. The van der Waals surface area contributed by atoms with Crippen molar-refractivity contribution < 1.29 is 4.84 Å². The van der Waals surface area contributed by atoms with Gasteiger partial charge in [-0.1, -0.05) is 33.2 Å². The Morgan fingerprint density at radius 1 is 1.50 bits per heavy atom.